The van der Waals surface area contributed by atoms with Crippen LogP contribution in [0.3, 0.4) is 0 Å². The molecule has 1 aromatic carbocycles. The molecule has 0 N–H and O–H groups in total. The highest BCUT2D eigenvalue weighted by atomic mass is 32.1. The van der Waals surface area contributed by atoms with Gasteiger partial charge in [-0.3, -0.25) is 4.79 Å². The monoisotopic (exact) mass is 250 g/mol. The summed E-state index contributed by atoms with van der Waals surface area (Å²) < 4.78 is 41.1. The molecule has 1 rings (SSSR count). The van der Waals surface area contributed by atoms with E-state index in [0.717, 1.165) is 12.1 Å². The van der Waals surface area contributed by atoms with Gasteiger partial charge >= 0.3 is 12.1 Å². The van der Waals surface area contributed by atoms with Crippen molar-refractivity contribution < 1.29 is 22.7 Å². The van der Waals surface area contributed by atoms with Crippen molar-refractivity contribution in [1.82, 2.24) is 0 Å². The molecule has 0 aliphatic carbocycles. The minimum absolute atomic E-state index is 0.364. The first-order valence-electron chi connectivity index (χ1n) is 4.29. The average molecular weight is 250 g/mol. The maximum atomic E-state index is 12.2. The number of alkyl halides is 3. The Morgan fingerprint density at radius 1 is 1.31 bits per heavy atom. The van der Waals surface area contributed by atoms with Gasteiger partial charge in [-0.05, 0) is 17.7 Å². The number of rotatable bonds is 2. The molecule has 2 nitrogen and oxygen atoms in total. The molecule has 0 amide bonds. The summed E-state index contributed by atoms with van der Waals surface area (Å²) in [5.41, 5.74) is -0.398. The van der Waals surface area contributed by atoms with Crippen LogP contribution >= 0.6 is 12.6 Å². The molecule has 88 valence electrons. The molecular weight excluding hydrogens is 241 g/mol. The molecule has 0 bridgehead atoms. The van der Waals surface area contributed by atoms with E-state index in [1.165, 1.54) is 19.2 Å². The second kappa shape index (κ2) is 4.78. The van der Waals surface area contributed by atoms with Gasteiger partial charge in [-0.25, -0.2) is 0 Å². The van der Waals surface area contributed by atoms with Gasteiger partial charge in [0.05, 0.1) is 12.7 Å². The third-order valence-electron chi connectivity index (χ3n) is 1.98. The van der Waals surface area contributed by atoms with E-state index >= 15 is 0 Å². The highest BCUT2D eigenvalue weighted by Gasteiger charge is 2.30. The van der Waals surface area contributed by atoms with Gasteiger partial charge in [-0.15, -0.1) is 0 Å². The quantitative estimate of drug-likeness (QED) is 0.645. The van der Waals surface area contributed by atoms with Crippen molar-refractivity contribution in [3.8, 4) is 0 Å². The van der Waals surface area contributed by atoms with E-state index in [1.807, 2.05) is 0 Å². The van der Waals surface area contributed by atoms with Crippen LogP contribution in [0.5, 0.6) is 0 Å². The van der Waals surface area contributed by atoms with E-state index < -0.39 is 23.0 Å². The standard InChI is InChI=1S/C10H9F3O2S/c1-15-9(14)8(16)6-2-4-7(5-3-6)10(11,12)13/h2-5,8,16H,1H3. The van der Waals surface area contributed by atoms with Crippen molar-refractivity contribution in [2.75, 3.05) is 7.11 Å². The molecule has 6 heteroatoms. The van der Waals surface area contributed by atoms with Gasteiger partial charge in [0.2, 0.25) is 0 Å². The molecule has 16 heavy (non-hydrogen) atoms. The van der Waals surface area contributed by atoms with Crippen LogP contribution in [0, 0.1) is 0 Å². The summed E-state index contributed by atoms with van der Waals surface area (Å²) in [5, 5.41) is -0.868. The maximum Gasteiger partial charge on any atom is 0.416 e. The Balaban J connectivity index is 2.91. The zero-order chi connectivity index (χ0) is 12.3. The summed E-state index contributed by atoms with van der Waals surface area (Å²) in [6.45, 7) is 0. The first kappa shape index (κ1) is 12.9. The third-order valence-corrected chi connectivity index (χ3v) is 2.49. The summed E-state index contributed by atoms with van der Waals surface area (Å²) in [5.74, 6) is -0.608. The second-order valence-electron chi connectivity index (χ2n) is 3.05. The van der Waals surface area contributed by atoms with Gasteiger partial charge < -0.3 is 4.74 Å². The summed E-state index contributed by atoms with van der Waals surface area (Å²) >= 11 is 3.95. The fourth-order valence-electron chi connectivity index (χ4n) is 1.10. The maximum absolute atomic E-state index is 12.2. The Hall–Kier alpha value is -1.17. The van der Waals surface area contributed by atoms with Gasteiger partial charge in [0.25, 0.3) is 0 Å². The summed E-state index contributed by atoms with van der Waals surface area (Å²) in [4.78, 5) is 11.1. The molecular formula is C10H9F3O2S. The lowest BCUT2D eigenvalue weighted by Crippen LogP contribution is -2.10. The van der Waals surface area contributed by atoms with Crippen molar-refractivity contribution in [2.45, 2.75) is 11.4 Å². The van der Waals surface area contributed by atoms with E-state index in [2.05, 4.69) is 17.4 Å². The van der Waals surface area contributed by atoms with Crippen LogP contribution in [0.15, 0.2) is 24.3 Å². The van der Waals surface area contributed by atoms with Gasteiger partial charge in [-0.2, -0.15) is 25.8 Å². The Labute approximate surface area is 95.8 Å². The predicted octanol–water partition coefficient (Wildman–Crippen LogP) is 2.85. The molecule has 0 heterocycles. The number of halogens is 3. The second-order valence-corrected chi connectivity index (χ2v) is 3.56. The summed E-state index contributed by atoms with van der Waals surface area (Å²) in [6.07, 6.45) is -4.38. The van der Waals surface area contributed by atoms with Crippen molar-refractivity contribution in [3.63, 3.8) is 0 Å². The number of hydrogen-bond acceptors (Lipinski definition) is 3. The minimum Gasteiger partial charge on any atom is -0.468 e. The molecule has 0 aliphatic rings. The van der Waals surface area contributed by atoms with Crippen molar-refractivity contribution in [1.29, 1.82) is 0 Å². The predicted molar refractivity (Wildman–Crippen MR) is 55.2 cm³/mol. The smallest absolute Gasteiger partial charge is 0.416 e. The fourth-order valence-corrected chi connectivity index (χ4v) is 1.38. The highest BCUT2D eigenvalue weighted by molar-refractivity contribution is 7.81. The van der Waals surface area contributed by atoms with E-state index in [-0.39, 0.29) is 0 Å². The molecule has 0 saturated heterocycles. The number of esters is 1. The van der Waals surface area contributed by atoms with Gasteiger partial charge in [0.1, 0.15) is 5.25 Å². The number of carbonyl (C=O) groups excluding carboxylic acids is 1. The molecule has 0 radical (unpaired) electrons. The first-order valence-corrected chi connectivity index (χ1v) is 4.81. The summed E-state index contributed by atoms with van der Waals surface area (Å²) in [6, 6.07) is 4.22. The Kier molecular flexibility index (Phi) is 3.85. The molecule has 0 saturated carbocycles. The van der Waals surface area contributed by atoms with Crippen LogP contribution in [0.4, 0.5) is 13.2 Å². The lowest BCUT2D eigenvalue weighted by atomic mass is 10.1. The van der Waals surface area contributed by atoms with Crippen LogP contribution in [-0.4, -0.2) is 13.1 Å². The Morgan fingerprint density at radius 2 is 1.81 bits per heavy atom. The van der Waals surface area contributed by atoms with E-state index in [4.69, 9.17) is 0 Å². The minimum atomic E-state index is -4.38. The Bertz CT molecular complexity index is 373. The SMILES string of the molecule is COC(=O)C(S)c1ccc(C(F)(F)F)cc1. The first-order chi connectivity index (χ1) is 7.36. The molecule has 1 unspecified atom stereocenters. The normalized spacial score (nSPS) is 13.3. The fraction of sp³-hybridized carbons (Fsp3) is 0.300. The molecule has 0 spiro atoms. The number of methoxy groups -OCH3 is 1. The average Bonchev–Trinajstić information content (AvgIpc) is 2.26. The van der Waals surface area contributed by atoms with Crippen LogP contribution < -0.4 is 0 Å². The highest BCUT2D eigenvalue weighted by Crippen LogP contribution is 2.30. The van der Waals surface area contributed by atoms with Crippen molar-refractivity contribution >= 4 is 18.6 Å². The summed E-state index contributed by atoms with van der Waals surface area (Å²) in [7, 11) is 1.19. The zero-order valence-corrected chi connectivity index (χ0v) is 9.18. The molecule has 1 aromatic rings. The molecule has 0 aromatic heterocycles. The van der Waals surface area contributed by atoms with Crippen LogP contribution in [0.2, 0.25) is 0 Å². The van der Waals surface area contributed by atoms with Crippen LogP contribution in [0.25, 0.3) is 0 Å². The zero-order valence-electron chi connectivity index (χ0n) is 8.28. The molecule has 0 aliphatic heterocycles. The molecule has 1 atom stereocenters. The van der Waals surface area contributed by atoms with Crippen molar-refractivity contribution in [3.05, 3.63) is 35.4 Å². The number of hydrogen-bond donors (Lipinski definition) is 1. The van der Waals surface area contributed by atoms with E-state index in [0.29, 0.717) is 5.56 Å². The van der Waals surface area contributed by atoms with E-state index in [9.17, 15) is 18.0 Å². The van der Waals surface area contributed by atoms with Gasteiger partial charge in [0.15, 0.2) is 0 Å². The third kappa shape index (κ3) is 2.91. The molecule has 0 fully saturated rings. The largest absolute Gasteiger partial charge is 0.468 e. The number of carbonyl (C=O) groups is 1. The topological polar surface area (TPSA) is 26.3 Å². The van der Waals surface area contributed by atoms with Crippen LogP contribution in [0.1, 0.15) is 16.4 Å². The lowest BCUT2D eigenvalue weighted by molar-refractivity contribution is -0.140. The van der Waals surface area contributed by atoms with Crippen LogP contribution in [-0.2, 0) is 15.7 Å². The number of thiol groups is 1. The van der Waals surface area contributed by atoms with Crippen molar-refractivity contribution in [2.24, 2.45) is 0 Å². The Morgan fingerprint density at radius 3 is 2.19 bits per heavy atom. The number of benzene rings is 1. The number of ether oxygens (including phenoxy) is 1. The van der Waals surface area contributed by atoms with Gasteiger partial charge in [0, 0.05) is 0 Å². The lowest BCUT2D eigenvalue weighted by Gasteiger charge is -2.10. The van der Waals surface area contributed by atoms with Gasteiger partial charge in [-0.1, -0.05) is 12.1 Å². The van der Waals surface area contributed by atoms with E-state index in [1.54, 1.807) is 0 Å².